The Balaban J connectivity index is 2.15. The van der Waals surface area contributed by atoms with Gasteiger partial charge in [-0.2, -0.15) is 11.8 Å². The summed E-state index contributed by atoms with van der Waals surface area (Å²) in [6, 6.07) is 0. The van der Waals surface area contributed by atoms with Crippen LogP contribution in [0.4, 0.5) is 0 Å². The molecule has 1 aromatic heterocycles. The number of nitrogens with one attached hydrogen (secondary N) is 1. The zero-order valence-electron chi connectivity index (χ0n) is 9.36. The number of hydrogen-bond donors (Lipinski definition) is 1. The van der Waals surface area contributed by atoms with Gasteiger partial charge in [-0.25, -0.2) is 0 Å². The van der Waals surface area contributed by atoms with Gasteiger partial charge in [0.1, 0.15) is 11.6 Å². The van der Waals surface area contributed by atoms with E-state index in [1.165, 1.54) is 0 Å². The molecule has 0 aliphatic carbocycles. The van der Waals surface area contributed by atoms with Crippen LogP contribution < -0.4 is 5.32 Å². The molecule has 0 radical (unpaired) electrons. The second kappa shape index (κ2) is 6.63. The quantitative estimate of drug-likeness (QED) is 0.559. The summed E-state index contributed by atoms with van der Waals surface area (Å²) < 4.78 is 2.00. The molecule has 0 saturated heterocycles. The van der Waals surface area contributed by atoms with Crippen molar-refractivity contribution < 1.29 is 0 Å². The van der Waals surface area contributed by atoms with Gasteiger partial charge in [-0.15, -0.1) is 16.8 Å². The number of nitrogens with zero attached hydrogens (tertiary/aromatic N) is 3. The van der Waals surface area contributed by atoms with E-state index in [9.17, 15) is 0 Å². The number of hydrogen-bond acceptors (Lipinski definition) is 4. The van der Waals surface area contributed by atoms with Crippen LogP contribution in [-0.2, 0) is 13.6 Å². The number of aromatic nitrogens is 3. The number of thioether (sulfide) groups is 1. The van der Waals surface area contributed by atoms with E-state index in [0.717, 1.165) is 36.2 Å². The lowest BCUT2D eigenvalue weighted by Crippen LogP contribution is -2.19. The molecule has 1 aromatic rings. The molecule has 1 N–H and O–H groups in total. The summed E-state index contributed by atoms with van der Waals surface area (Å²) in [5.74, 6) is 4.06. The van der Waals surface area contributed by atoms with Gasteiger partial charge in [-0.3, -0.25) is 0 Å². The predicted molar refractivity (Wildman–Crippen MR) is 65.0 cm³/mol. The fraction of sp³-hybridized carbons (Fsp3) is 0.600. The van der Waals surface area contributed by atoms with Crippen LogP contribution in [0.5, 0.6) is 0 Å². The van der Waals surface area contributed by atoms with Crippen molar-refractivity contribution in [1.82, 2.24) is 20.1 Å². The van der Waals surface area contributed by atoms with Crippen molar-refractivity contribution in [2.24, 2.45) is 7.05 Å². The summed E-state index contributed by atoms with van der Waals surface area (Å²) in [6.45, 7) is 7.41. The molecule has 0 aliphatic heterocycles. The highest BCUT2D eigenvalue weighted by Crippen LogP contribution is 1.99. The summed E-state index contributed by atoms with van der Waals surface area (Å²) in [5.41, 5.74) is 0. The van der Waals surface area contributed by atoms with Gasteiger partial charge in [-0.05, 0) is 6.92 Å². The first-order chi connectivity index (χ1) is 7.25. The lowest BCUT2D eigenvalue weighted by atomic mass is 10.5. The third-order valence-electron chi connectivity index (χ3n) is 2.12. The molecule has 1 rings (SSSR count). The van der Waals surface area contributed by atoms with Crippen LogP contribution in [0.1, 0.15) is 11.6 Å². The molecule has 15 heavy (non-hydrogen) atoms. The van der Waals surface area contributed by atoms with E-state index in [4.69, 9.17) is 0 Å². The van der Waals surface area contributed by atoms with E-state index in [-0.39, 0.29) is 0 Å². The Hall–Kier alpha value is -0.810. The molecule has 1 heterocycles. The summed E-state index contributed by atoms with van der Waals surface area (Å²) >= 11 is 1.87. The fourth-order valence-electron chi connectivity index (χ4n) is 1.12. The van der Waals surface area contributed by atoms with Gasteiger partial charge in [0.15, 0.2) is 0 Å². The van der Waals surface area contributed by atoms with Gasteiger partial charge >= 0.3 is 0 Å². The molecular formula is C10H18N4S. The molecule has 4 nitrogen and oxygen atoms in total. The van der Waals surface area contributed by atoms with Crippen molar-refractivity contribution in [2.75, 3.05) is 18.1 Å². The van der Waals surface area contributed by atoms with Crippen molar-refractivity contribution in [3.63, 3.8) is 0 Å². The van der Waals surface area contributed by atoms with E-state index in [0.29, 0.717) is 0 Å². The minimum atomic E-state index is 0.784. The first-order valence-corrected chi connectivity index (χ1v) is 6.15. The lowest BCUT2D eigenvalue weighted by molar-refractivity contribution is 0.659. The normalized spacial score (nSPS) is 10.5. The van der Waals surface area contributed by atoms with Gasteiger partial charge in [0.25, 0.3) is 0 Å². The fourth-order valence-corrected chi connectivity index (χ4v) is 1.74. The molecule has 0 amide bonds. The highest BCUT2D eigenvalue weighted by atomic mass is 32.2. The average Bonchev–Trinajstić information content (AvgIpc) is 2.54. The Morgan fingerprint density at radius 1 is 1.53 bits per heavy atom. The summed E-state index contributed by atoms with van der Waals surface area (Å²) in [6.07, 6.45) is 1.93. The molecule has 0 unspecified atom stereocenters. The molecule has 0 bridgehead atoms. The molecule has 0 atom stereocenters. The van der Waals surface area contributed by atoms with Crippen molar-refractivity contribution >= 4 is 11.8 Å². The van der Waals surface area contributed by atoms with Gasteiger partial charge in [-0.1, -0.05) is 6.08 Å². The Bertz CT molecular complexity index is 308. The maximum absolute atomic E-state index is 4.08. The van der Waals surface area contributed by atoms with Crippen molar-refractivity contribution in [2.45, 2.75) is 13.5 Å². The smallest absolute Gasteiger partial charge is 0.146 e. The molecular weight excluding hydrogens is 208 g/mol. The van der Waals surface area contributed by atoms with Crippen LogP contribution in [0, 0.1) is 6.92 Å². The molecule has 0 saturated carbocycles. The second-order valence-corrected chi connectivity index (χ2v) is 4.41. The molecule has 0 fully saturated rings. The summed E-state index contributed by atoms with van der Waals surface area (Å²) in [4.78, 5) is 0. The SMILES string of the molecule is C=CCSCCNCc1nnc(C)n1C. The minimum absolute atomic E-state index is 0.784. The molecule has 84 valence electrons. The molecule has 0 aromatic carbocycles. The highest BCUT2D eigenvalue weighted by molar-refractivity contribution is 7.99. The zero-order chi connectivity index (χ0) is 11.1. The zero-order valence-corrected chi connectivity index (χ0v) is 10.2. The average molecular weight is 226 g/mol. The maximum Gasteiger partial charge on any atom is 0.146 e. The van der Waals surface area contributed by atoms with E-state index < -0.39 is 0 Å². The number of rotatable bonds is 7. The van der Waals surface area contributed by atoms with Crippen LogP contribution in [0.25, 0.3) is 0 Å². The molecule has 0 aliphatic rings. The van der Waals surface area contributed by atoms with Crippen LogP contribution >= 0.6 is 11.8 Å². The largest absolute Gasteiger partial charge is 0.317 e. The van der Waals surface area contributed by atoms with Crippen molar-refractivity contribution in [3.8, 4) is 0 Å². The monoisotopic (exact) mass is 226 g/mol. The Kier molecular flexibility index (Phi) is 5.42. The van der Waals surface area contributed by atoms with E-state index in [1.807, 2.05) is 36.4 Å². The van der Waals surface area contributed by atoms with Crippen molar-refractivity contribution in [1.29, 1.82) is 0 Å². The number of aryl methyl sites for hydroxylation is 1. The first-order valence-electron chi connectivity index (χ1n) is 5.00. The first kappa shape index (κ1) is 12.3. The topological polar surface area (TPSA) is 42.7 Å². The van der Waals surface area contributed by atoms with Crippen LogP contribution in [-0.4, -0.2) is 32.8 Å². The Labute approximate surface area is 95.2 Å². The standard InChI is InChI=1S/C10H18N4S/c1-4-6-15-7-5-11-8-10-13-12-9(2)14(10)3/h4,11H,1,5-8H2,2-3H3. The van der Waals surface area contributed by atoms with Crippen molar-refractivity contribution in [3.05, 3.63) is 24.3 Å². The van der Waals surface area contributed by atoms with Crippen LogP contribution in [0.3, 0.4) is 0 Å². The third-order valence-corrected chi connectivity index (χ3v) is 3.09. The predicted octanol–water partition coefficient (Wildman–Crippen LogP) is 1.13. The molecule has 5 heteroatoms. The van der Waals surface area contributed by atoms with Crippen LogP contribution in [0.2, 0.25) is 0 Å². The summed E-state index contributed by atoms with van der Waals surface area (Å²) in [5, 5.41) is 11.4. The lowest BCUT2D eigenvalue weighted by Gasteiger charge is -2.03. The minimum Gasteiger partial charge on any atom is -0.317 e. The Morgan fingerprint density at radius 2 is 2.33 bits per heavy atom. The van der Waals surface area contributed by atoms with Gasteiger partial charge in [0.05, 0.1) is 6.54 Å². The maximum atomic E-state index is 4.08. The van der Waals surface area contributed by atoms with Gasteiger partial charge < -0.3 is 9.88 Å². The van der Waals surface area contributed by atoms with E-state index >= 15 is 0 Å². The Morgan fingerprint density at radius 3 is 2.93 bits per heavy atom. The van der Waals surface area contributed by atoms with E-state index in [2.05, 4.69) is 22.1 Å². The van der Waals surface area contributed by atoms with Gasteiger partial charge in [0, 0.05) is 25.1 Å². The second-order valence-electron chi connectivity index (χ2n) is 3.26. The highest BCUT2D eigenvalue weighted by Gasteiger charge is 2.02. The van der Waals surface area contributed by atoms with Gasteiger partial charge in [0.2, 0.25) is 0 Å². The molecule has 0 spiro atoms. The van der Waals surface area contributed by atoms with E-state index in [1.54, 1.807) is 0 Å². The van der Waals surface area contributed by atoms with Crippen LogP contribution in [0.15, 0.2) is 12.7 Å². The summed E-state index contributed by atoms with van der Waals surface area (Å²) in [7, 11) is 1.98. The third kappa shape index (κ3) is 4.05.